The predicted molar refractivity (Wildman–Crippen MR) is 246 cm³/mol. The number of pyridine rings is 2. The highest BCUT2D eigenvalue weighted by molar-refractivity contribution is 8.00. The zero-order chi connectivity index (χ0) is 42.9. The summed E-state index contributed by atoms with van der Waals surface area (Å²) in [5, 5.41) is 6.49. The van der Waals surface area contributed by atoms with Crippen LogP contribution in [0.3, 0.4) is 0 Å². The molecule has 0 aliphatic carbocycles. The third-order valence-corrected chi connectivity index (χ3v) is 16.4. The van der Waals surface area contributed by atoms with Crippen molar-refractivity contribution in [2.24, 2.45) is 0 Å². The molecule has 3 atom stereocenters. The zero-order valence-corrected chi connectivity index (χ0v) is 37.1. The fourth-order valence-corrected chi connectivity index (χ4v) is 12.6. The first-order valence-electron chi connectivity index (χ1n) is 19.2. The number of terminal acetylenes is 2. The summed E-state index contributed by atoms with van der Waals surface area (Å²) in [4.78, 5) is 37.0. The number of esters is 1. The van der Waals surface area contributed by atoms with Gasteiger partial charge in [0.2, 0.25) is 10.9 Å². The molecule has 0 aliphatic rings. The van der Waals surface area contributed by atoms with Crippen LogP contribution in [0.2, 0.25) is 5.04 Å². The Morgan fingerprint density at radius 1 is 0.700 bits per heavy atom. The molecular formula is C48H47N3O6S2Si. The summed E-state index contributed by atoms with van der Waals surface area (Å²) in [7, 11) is -3.10. The number of fused-ring (bicyclic) bond motifs is 2. The Hall–Kier alpha value is -5.76. The lowest BCUT2D eigenvalue weighted by Crippen LogP contribution is -2.69. The van der Waals surface area contributed by atoms with Crippen LogP contribution in [0.5, 0.6) is 11.5 Å². The van der Waals surface area contributed by atoms with Gasteiger partial charge in [-0.1, -0.05) is 93.3 Å². The normalized spacial score (nSPS) is 13.6. The van der Waals surface area contributed by atoms with E-state index < -0.39 is 36.6 Å². The van der Waals surface area contributed by atoms with Gasteiger partial charge in [0, 0.05) is 34.3 Å². The molecule has 0 bridgehead atoms. The number of nitrogens with one attached hydrogen (secondary N) is 1. The first-order valence-corrected chi connectivity index (χ1v) is 23.7. The number of thioether (sulfide) groups is 2. The number of hydrogen-bond donors (Lipinski definition) is 1. The maximum atomic E-state index is 14.3. The summed E-state index contributed by atoms with van der Waals surface area (Å²) in [6.45, 7) is 8.10. The van der Waals surface area contributed by atoms with E-state index in [0.29, 0.717) is 22.6 Å². The number of ether oxygens (including phenoxy) is 3. The molecule has 2 heterocycles. The average molecular weight is 854 g/mol. The number of amides is 1. The molecule has 3 unspecified atom stereocenters. The van der Waals surface area contributed by atoms with Crippen LogP contribution < -0.4 is 25.2 Å². The molecule has 0 saturated carbocycles. The fourth-order valence-electron chi connectivity index (χ4n) is 6.97. The summed E-state index contributed by atoms with van der Waals surface area (Å²) in [6.07, 6.45) is 18.0. The third-order valence-electron chi connectivity index (χ3n) is 9.94. The van der Waals surface area contributed by atoms with Crippen LogP contribution in [0.1, 0.15) is 38.8 Å². The van der Waals surface area contributed by atoms with E-state index in [2.05, 4.69) is 72.2 Å². The summed E-state index contributed by atoms with van der Waals surface area (Å²) >= 11 is 2.41. The fraction of sp³-hybridized carbons (Fsp3) is 0.250. The van der Waals surface area contributed by atoms with Crippen molar-refractivity contribution in [2.75, 3.05) is 25.7 Å². The van der Waals surface area contributed by atoms with Crippen molar-refractivity contribution >= 4 is 75.9 Å². The summed E-state index contributed by atoms with van der Waals surface area (Å²) < 4.78 is 25.8. The van der Waals surface area contributed by atoms with E-state index in [-0.39, 0.29) is 18.3 Å². The van der Waals surface area contributed by atoms with Crippen molar-refractivity contribution in [1.29, 1.82) is 0 Å². The molecular weight excluding hydrogens is 807 g/mol. The minimum atomic E-state index is -3.10. The molecule has 6 aromatic rings. The minimum absolute atomic E-state index is 0.00309. The molecule has 0 spiro atoms. The van der Waals surface area contributed by atoms with Gasteiger partial charge in [-0.25, -0.2) is 4.79 Å². The van der Waals surface area contributed by atoms with Gasteiger partial charge in [-0.05, 0) is 83.4 Å². The summed E-state index contributed by atoms with van der Waals surface area (Å²) in [5.41, 5.74) is -0.506. The van der Waals surface area contributed by atoms with Crippen LogP contribution in [0.15, 0.2) is 122 Å². The highest BCUT2D eigenvalue weighted by Crippen LogP contribution is 2.37. The molecule has 12 heteroatoms. The van der Waals surface area contributed by atoms with Gasteiger partial charge in [-0.3, -0.25) is 14.8 Å². The van der Waals surface area contributed by atoms with Gasteiger partial charge < -0.3 is 24.0 Å². The number of carbonyl (C=O) groups is 2. The number of rotatable bonds is 16. The standard InChI is InChI=1S/C48H47N3O6S2Si/c1-9-33-25-35-27-37(21-23-41(35)49-29-33)56-45(58-7)43(52)51-48(6,32-55-60(47(3,4)5,39-17-13-11-14-18-39)40-19-15-12-16-20-40)31-54-44(53)46(59-8)57-38-22-24-42-36(28-38)26-34(10-2)30-50-42/h1-2,11-30,45-46H,31-32H2,3-8H3,(H,51,52). The van der Waals surface area contributed by atoms with Crippen LogP contribution in [0, 0.1) is 24.7 Å². The van der Waals surface area contributed by atoms with Gasteiger partial charge in [0.25, 0.3) is 14.2 Å². The van der Waals surface area contributed by atoms with Crippen LogP contribution in [-0.4, -0.2) is 72.3 Å². The largest absolute Gasteiger partial charge is 0.470 e. The lowest BCUT2D eigenvalue weighted by atomic mass is 10.1. The maximum absolute atomic E-state index is 14.3. The molecule has 6 rings (SSSR count). The number of benzene rings is 4. The highest BCUT2D eigenvalue weighted by atomic mass is 32.2. The Morgan fingerprint density at radius 2 is 1.18 bits per heavy atom. The van der Waals surface area contributed by atoms with E-state index in [4.69, 9.17) is 31.5 Å². The monoisotopic (exact) mass is 853 g/mol. The highest BCUT2D eigenvalue weighted by Gasteiger charge is 2.51. The van der Waals surface area contributed by atoms with E-state index in [1.165, 1.54) is 23.5 Å². The van der Waals surface area contributed by atoms with Crippen LogP contribution in [0.25, 0.3) is 21.8 Å². The number of nitrogens with zero attached hydrogens (tertiary/aromatic N) is 2. The van der Waals surface area contributed by atoms with Crippen molar-refractivity contribution in [3.05, 3.63) is 133 Å². The molecule has 60 heavy (non-hydrogen) atoms. The molecule has 0 saturated heterocycles. The van der Waals surface area contributed by atoms with E-state index in [1.54, 1.807) is 55.2 Å². The van der Waals surface area contributed by atoms with Crippen molar-refractivity contribution in [3.63, 3.8) is 0 Å². The Balaban J connectivity index is 1.29. The number of aromatic nitrogens is 2. The first-order chi connectivity index (χ1) is 28.8. The first kappa shape index (κ1) is 43.8. The molecule has 2 aromatic heterocycles. The van der Waals surface area contributed by atoms with Gasteiger partial charge in [0.05, 0.1) is 23.2 Å². The van der Waals surface area contributed by atoms with Crippen LogP contribution >= 0.6 is 23.5 Å². The molecule has 306 valence electrons. The van der Waals surface area contributed by atoms with E-state index in [1.807, 2.05) is 61.5 Å². The molecule has 9 nitrogen and oxygen atoms in total. The quantitative estimate of drug-likeness (QED) is 0.0454. The van der Waals surface area contributed by atoms with Crippen LogP contribution in [-0.2, 0) is 18.8 Å². The second-order valence-electron chi connectivity index (χ2n) is 15.4. The van der Waals surface area contributed by atoms with Gasteiger partial charge >= 0.3 is 5.97 Å². The van der Waals surface area contributed by atoms with Gasteiger partial charge in [0.15, 0.2) is 0 Å². The van der Waals surface area contributed by atoms with E-state index in [9.17, 15) is 9.59 Å². The summed E-state index contributed by atoms with van der Waals surface area (Å²) in [6, 6.07) is 34.8. The van der Waals surface area contributed by atoms with E-state index in [0.717, 1.165) is 32.2 Å². The van der Waals surface area contributed by atoms with Gasteiger partial charge in [-0.15, -0.1) is 36.4 Å². The Morgan fingerprint density at radius 3 is 1.63 bits per heavy atom. The molecule has 0 fully saturated rings. The second kappa shape index (κ2) is 19.1. The van der Waals surface area contributed by atoms with Crippen molar-refractivity contribution in [1.82, 2.24) is 15.3 Å². The smallest absolute Gasteiger partial charge is 0.358 e. The summed E-state index contributed by atoms with van der Waals surface area (Å²) in [5.74, 6) is 5.05. The Bertz CT molecular complexity index is 2520. The zero-order valence-electron chi connectivity index (χ0n) is 34.4. The van der Waals surface area contributed by atoms with Crippen molar-refractivity contribution in [2.45, 2.75) is 49.1 Å². The Kier molecular flexibility index (Phi) is 13.9. The number of carbonyl (C=O) groups excluding carboxylic acids is 2. The van der Waals surface area contributed by atoms with Gasteiger partial charge in [-0.2, -0.15) is 0 Å². The van der Waals surface area contributed by atoms with Crippen LogP contribution in [0.4, 0.5) is 0 Å². The molecule has 4 aromatic carbocycles. The van der Waals surface area contributed by atoms with Crippen molar-refractivity contribution < 1.29 is 28.2 Å². The third kappa shape index (κ3) is 9.98. The lowest BCUT2D eigenvalue weighted by Gasteiger charge is -2.45. The molecule has 0 aliphatic heterocycles. The average Bonchev–Trinajstić information content (AvgIpc) is 3.26. The van der Waals surface area contributed by atoms with Gasteiger partial charge in [0.1, 0.15) is 18.1 Å². The molecule has 0 radical (unpaired) electrons. The van der Waals surface area contributed by atoms with Crippen molar-refractivity contribution in [3.8, 4) is 36.2 Å². The Labute approximate surface area is 361 Å². The topological polar surface area (TPSA) is 109 Å². The molecule has 1 amide bonds. The minimum Gasteiger partial charge on any atom is -0.470 e. The maximum Gasteiger partial charge on any atom is 0.358 e. The molecule has 1 N–H and O–H groups in total. The SMILES string of the molecule is C#Cc1cnc2ccc(OC(SC)C(=O)NC(C)(COC(=O)C(Oc3ccc4ncc(C#C)cc4c3)SC)CO[Si](c3ccccc3)(c3ccccc3)C(C)(C)C)cc2c1. The second-order valence-corrected chi connectivity index (χ2v) is 21.5. The number of hydrogen-bond acceptors (Lipinski definition) is 10. The predicted octanol–water partition coefficient (Wildman–Crippen LogP) is 7.58. The lowest BCUT2D eigenvalue weighted by molar-refractivity contribution is -0.151. The van der Waals surface area contributed by atoms with E-state index >= 15 is 0 Å².